The Kier molecular flexibility index (Phi) is 5.82. The SMILES string of the molecule is CCc1ccc(CNC(=O)CN2CCCNCC2)s1. The molecule has 2 rings (SSSR count). The lowest BCUT2D eigenvalue weighted by atomic mass is 10.3. The van der Waals surface area contributed by atoms with Gasteiger partial charge in [0.1, 0.15) is 0 Å². The molecular weight excluding hydrogens is 258 g/mol. The van der Waals surface area contributed by atoms with Crippen molar-refractivity contribution in [2.45, 2.75) is 26.3 Å². The van der Waals surface area contributed by atoms with Gasteiger partial charge in [-0.15, -0.1) is 11.3 Å². The summed E-state index contributed by atoms with van der Waals surface area (Å²) in [4.78, 5) is 16.7. The van der Waals surface area contributed by atoms with Crippen molar-refractivity contribution < 1.29 is 4.79 Å². The van der Waals surface area contributed by atoms with Gasteiger partial charge in [-0.1, -0.05) is 6.92 Å². The minimum atomic E-state index is 0.133. The molecule has 106 valence electrons. The molecule has 0 radical (unpaired) electrons. The molecule has 5 heteroatoms. The van der Waals surface area contributed by atoms with Gasteiger partial charge in [-0.3, -0.25) is 9.69 Å². The van der Waals surface area contributed by atoms with Crippen LogP contribution in [0, 0.1) is 0 Å². The van der Waals surface area contributed by atoms with E-state index >= 15 is 0 Å². The summed E-state index contributed by atoms with van der Waals surface area (Å²) in [7, 11) is 0. The largest absolute Gasteiger partial charge is 0.350 e. The monoisotopic (exact) mass is 281 g/mol. The van der Waals surface area contributed by atoms with Crippen LogP contribution >= 0.6 is 11.3 Å². The standard InChI is InChI=1S/C14H23N3OS/c1-2-12-4-5-13(19-12)10-16-14(18)11-17-8-3-6-15-7-9-17/h4-5,15H,2-3,6-11H2,1H3,(H,16,18). The van der Waals surface area contributed by atoms with Crippen molar-refractivity contribution in [3.63, 3.8) is 0 Å². The number of hydrogen-bond acceptors (Lipinski definition) is 4. The van der Waals surface area contributed by atoms with Gasteiger partial charge < -0.3 is 10.6 Å². The number of aryl methyl sites for hydroxylation is 1. The van der Waals surface area contributed by atoms with Crippen LogP contribution in [0.15, 0.2) is 12.1 Å². The summed E-state index contributed by atoms with van der Waals surface area (Å²) in [6.45, 7) is 7.36. The second-order valence-corrected chi connectivity index (χ2v) is 6.13. The van der Waals surface area contributed by atoms with Crippen LogP contribution in [-0.4, -0.2) is 43.5 Å². The van der Waals surface area contributed by atoms with Crippen molar-refractivity contribution in [1.29, 1.82) is 0 Å². The number of nitrogens with one attached hydrogen (secondary N) is 2. The molecule has 1 aromatic heterocycles. The zero-order valence-corrected chi connectivity index (χ0v) is 12.4. The molecule has 1 aliphatic heterocycles. The molecule has 1 aliphatic rings. The van der Waals surface area contributed by atoms with Crippen LogP contribution in [0.4, 0.5) is 0 Å². The Labute approximate surface area is 119 Å². The fourth-order valence-corrected chi connectivity index (χ4v) is 3.11. The summed E-state index contributed by atoms with van der Waals surface area (Å²) < 4.78 is 0. The molecule has 1 fully saturated rings. The number of carbonyl (C=O) groups excluding carboxylic acids is 1. The number of hydrogen-bond donors (Lipinski definition) is 2. The van der Waals surface area contributed by atoms with Gasteiger partial charge in [0.2, 0.25) is 5.91 Å². The normalized spacial score (nSPS) is 17.1. The molecule has 19 heavy (non-hydrogen) atoms. The van der Waals surface area contributed by atoms with Crippen molar-refractivity contribution in [2.24, 2.45) is 0 Å². The fourth-order valence-electron chi connectivity index (χ4n) is 2.21. The number of rotatable bonds is 5. The first-order valence-corrected chi connectivity index (χ1v) is 7.87. The molecule has 1 saturated heterocycles. The van der Waals surface area contributed by atoms with Crippen LogP contribution in [-0.2, 0) is 17.8 Å². The van der Waals surface area contributed by atoms with E-state index in [0.29, 0.717) is 13.1 Å². The van der Waals surface area contributed by atoms with Crippen LogP contribution in [0.5, 0.6) is 0 Å². The lowest BCUT2D eigenvalue weighted by Crippen LogP contribution is -2.38. The summed E-state index contributed by atoms with van der Waals surface area (Å²) in [5.74, 6) is 0.133. The van der Waals surface area contributed by atoms with E-state index in [2.05, 4.69) is 34.6 Å². The van der Waals surface area contributed by atoms with Crippen molar-refractivity contribution in [3.05, 3.63) is 21.9 Å². The van der Waals surface area contributed by atoms with Gasteiger partial charge in [0.05, 0.1) is 13.1 Å². The van der Waals surface area contributed by atoms with Crippen LogP contribution in [0.2, 0.25) is 0 Å². The van der Waals surface area contributed by atoms with Crippen molar-refractivity contribution in [1.82, 2.24) is 15.5 Å². The zero-order valence-electron chi connectivity index (χ0n) is 11.6. The summed E-state index contributed by atoms with van der Waals surface area (Å²) in [5.41, 5.74) is 0. The Morgan fingerprint density at radius 1 is 1.37 bits per heavy atom. The highest BCUT2D eigenvalue weighted by Gasteiger charge is 2.12. The molecule has 0 saturated carbocycles. The Morgan fingerprint density at radius 2 is 2.21 bits per heavy atom. The van der Waals surface area contributed by atoms with Gasteiger partial charge in [0, 0.05) is 22.8 Å². The average Bonchev–Trinajstić information content (AvgIpc) is 2.73. The number of nitrogens with zero attached hydrogens (tertiary/aromatic N) is 1. The van der Waals surface area contributed by atoms with E-state index in [1.807, 2.05) is 0 Å². The van der Waals surface area contributed by atoms with E-state index in [4.69, 9.17) is 0 Å². The molecule has 1 aromatic rings. The highest BCUT2D eigenvalue weighted by molar-refractivity contribution is 7.11. The summed E-state index contributed by atoms with van der Waals surface area (Å²) in [6, 6.07) is 4.26. The van der Waals surface area contributed by atoms with Crippen LogP contribution < -0.4 is 10.6 Å². The number of carbonyl (C=O) groups is 1. The first-order valence-electron chi connectivity index (χ1n) is 7.05. The molecule has 1 amide bonds. The Balaban J connectivity index is 1.71. The fraction of sp³-hybridized carbons (Fsp3) is 0.643. The minimum absolute atomic E-state index is 0.133. The molecule has 0 spiro atoms. The van der Waals surface area contributed by atoms with Gasteiger partial charge in [-0.05, 0) is 38.1 Å². The van der Waals surface area contributed by atoms with Crippen molar-refractivity contribution in [2.75, 3.05) is 32.7 Å². The van der Waals surface area contributed by atoms with Crippen LogP contribution in [0.1, 0.15) is 23.1 Å². The summed E-state index contributed by atoms with van der Waals surface area (Å²) in [5, 5.41) is 6.36. The number of thiophene rings is 1. The third kappa shape index (κ3) is 4.93. The van der Waals surface area contributed by atoms with E-state index in [-0.39, 0.29) is 5.91 Å². The first kappa shape index (κ1) is 14.5. The predicted octanol–water partition coefficient (Wildman–Crippen LogP) is 1.22. The maximum absolute atomic E-state index is 11.9. The molecule has 0 aliphatic carbocycles. The highest BCUT2D eigenvalue weighted by atomic mass is 32.1. The lowest BCUT2D eigenvalue weighted by molar-refractivity contribution is -0.122. The van der Waals surface area contributed by atoms with Gasteiger partial charge >= 0.3 is 0 Å². The van der Waals surface area contributed by atoms with Crippen molar-refractivity contribution >= 4 is 17.2 Å². The van der Waals surface area contributed by atoms with Crippen LogP contribution in [0.3, 0.4) is 0 Å². The van der Waals surface area contributed by atoms with Gasteiger partial charge in [0.15, 0.2) is 0 Å². The number of amides is 1. The van der Waals surface area contributed by atoms with E-state index < -0.39 is 0 Å². The molecule has 0 aromatic carbocycles. The van der Waals surface area contributed by atoms with E-state index in [1.165, 1.54) is 9.75 Å². The molecule has 2 N–H and O–H groups in total. The molecular formula is C14H23N3OS. The quantitative estimate of drug-likeness (QED) is 0.853. The highest BCUT2D eigenvalue weighted by Crippen LogP contribution is 2.16. The van der Waals surface area contributed by atoms with Gasteiger partial charge in [-0.2, -0.15) is 0 Å². The lowest BCUT2D eigenvalue weighted by Gasteiger charge is -2.18. The maximum atomic E-state index is 11.9. The zero-order chi connectivity index (χ0) is 13.5. The third-order valence-electron chi connectivity index (χ3n) is 3.33. The molecule has 0 atom stereocenters. The summed E-state index contributed by atoms with van der Waals surface area (Å²) >= 11 is 1.79. The molecule has 0 unspecified atom stereocenters. The first-order chi connectivity index (χ1) is 9.28. The Morgan fingerprint density at radius 3 is 3.00 bits per heavy atom. The second kappa shape index (κ2) is 7.62. The van der Waals surface area contributed by atoms with E-state index in [9.17, 15) is 4.79 Å². The maximum Gasteiger partial charge on any atom is 0.234 e. The van der Waals surface area contributed by atoms with Crippen LogP contribution in [0.25, 0.3) is 0 Å². The van der Waals surface area contributed by atoms with E-state index in [0.717, 1.165) is 39.0 Å². The molecule has 4 nitrogen and oxygen atoms in total. The predicted molar refractivity (Wildman–Crippen MR) is 79.5 cm³/mol. The third-order valence-corrected chi connectivity index (χ3v) is 4.56. The van der Waals surface area contributed by atoms with Gasteiger partial charge in [-0.25, -0.2) is 0 Å². The minimum Gasteiger partial charge on any atom is -0.350 e. The molecule has 0 bridgehead atoms. The Hall–Kier alpha value is -0.910. The molecule has 2 heterocycles. The topological polar surface area (TPSA) is 44.4 Å². The van der Waals surface area contributed by atoms with E-state index in [1.54, 1.807) is 11.3 Å². The van der Waals surface area contributed by atoms with Gasteiger partial charge in [0.25, 0.3) is 0 Å². The smallest absolute Gasteiger partial charge is 0.234 e. The summed E-state index contributed by atoms with van der Waals surface area (Å²) in [6.07, 6.45) is 2.19. The second-order valence-electron chi connectivity index (χ2n) is 4.88. The average molecular weight is 281 g/mol. The van der Waals surface area contributed by atoms with Crippen molar-refractivity contribution in [3.8, 4) is 0 Å². The Bertz CT molecular complexity index is 397.